The highest BCUT2D eigenvalue weighted by Gasteiger charge is 2.21. The lowest BCUT2D eigenvalue weighted by Gasteiger charge is -2.27. The average Bonchev–Trinajstić information content (AvgIpc) is 2.29. The minimum Gasteiger partial charge on any atom is -0.370 e. The quantitative estimate of drug-likeness (QED) is 0.790. The molecule has 1 aromatic carbocycles. The summed E-state index contributed by atoms with van der Waals surface area (Å²) >= 11 is 0. The van der Waals surface area contributed by atoms with Gasteiger partial charge in [0, 0.05) is 12.2 Å². The first-order valence-corrected chi connectivity index (χ1v) is 5.77. The van der Waals surface area contributed by atoms with E-state index < -0.39 is 0 Å². The number of rotatable bonds is 2. The standard InChI is InChI=1S/C13H16FNO2/c1-9(2)11-4-3-10(7-12(11)14)15-5-6-17-8-13(15)16/h3-4,7,9H,5-6,8H2,1-2H3. The van der Waals surface area contributed by atoms with E-state index in [4.69, 9.17) is 4.74 Å². The summed E-state index contributed by atoms with van der Waals surface area (Å²) in [6.07, 6.45) is 0. The first-order chi connectivity index (χ1) is 8.09. The predicted molar refractivity (Wildman–Crippen MR) is 63.7 cm³/mol. The zero-order valence-electron chi connectivity index (χ0n) is 10.1. The van der Waals surface area contributed by atoms with Crippen LogP contribution in [0.5, 0.6) is 0 Å². The molecule has 92 valence electrons. The second-order valence-corrected chi connectivity index (χ2v) is 4.46. The van der Waals surface area contributed by atoms with E-state index in [0.29, 0.717) is 24.4 Å². The Kier molecular flexibility index (Phi) is 3.43. The van der Waals surface area contributed by atoms with Crippen molar-refractivity contribution in [1.82, 2.24) is 0 Å². The fourth-order valence-electron chi connectivity index (χ4n) is 1.94. The van der Waals surface area contributed by atoms with Gasteiger partial charge in [0.15, 0.2) is 0 Å². The molecule has 1 aliphatic rings. The number of halogens is 1. The van der Waals surface area contributed by atoms with Gasteiger partial charge in [0.1, 0.15) is 12.4 Å². The second kappa shape index (κ2) is 4.84. The Bertz CT molecular complexity index is 431. The molecular formula is C13H16FNO2. The summed E-state index contributed by atoms with van der Waals surface area (Å²) in [6, 6.07) is 4.97. The highest BCUT2D eigenvalue weighted by Crippen LogP contribution is 2.24. The Morgan fingerprint density at radius 2 is 2.18 bits per heavy atom. The maximum absolute atomic E-state index is 13.8. The van der Waals surface area contributed by atoms with Crippen molar-refractivity contribution in [2.75, 3.05) is 24.7 Å². The van der Waals surface area contributed by atoms with Gasteiger partial charge in [-0.1, -0.05) is 19.9 Å². The van der Waals surface area contributed by atoms with Crippen LogP contribution in [-0.4, -0.2) is 25.7 Å². The highest BCUT2D eigenvalue weighted by atomic mass is 19.1. The first kappa shape index (κ1) is 12.0. The Morgan fingerprint density at radius 1 is 1.41 bits per heavy atom. The van der Waals surface area contributed by atoms with E-state index in [1.807, 2.05) is 13.8 Å². The molecule has 0 N–H and O–H groups in total. The summed E-state index contributed by atoms with van der Waals surface area (Å²) in [6.45, 7) is 4.95. The Morgan fingerprint density at radius 3 is 2.76 bits per heavy atom. The SMILES string of the molecule is CC(C)c1ccc(N2CCOCC2=O)cc1F. The first-order valence-electron chi connectivity index (χ1n) is 5.77. The molecule has 1 aliphatic heterocycles. The zero-order valence-corrected chi connectivity index (χ0v) is 10.1. The maximum Gasteiger partial charge on any atom is 0.253 e. The molecule has 0 atom stereocenters. The van der Waals surface area contributed by atoms with Crippen LogP contribution in [0.15, 0.2) is 18.2 Å². The van der Waals surface area contributed by atoms with Crippen LogP contribution in [0, 0.1) is 5.82 Å². The van der Waals surface area contributed by atoms with E-state index in [-0.39, 0.29) is 24.2 Å². The minimum absolute atomic E-state index is 0.0769. The number of ether oxygens (including phenoxy) is 1. The molecule has 1 amide bonds. The Hall–Kier alpha value is -1.42. The summed E-state index contributed by atoms with van der Waals surface area (Å²) in [7, 11) is 0. The van der Waals surface area contributed by atoms with Crippen molar-refractivity contribution >= 4 is 11.6 Å². The summed E-state index contributed by atoms with van der Waals surface area (Å²) in [5.74, 6) is -0.228. The molecule has 3 nitrogen and oxygen atoms in total. The van der Waals surface area contributed by atoms with Crippen LogP contribution >= 0.6 is 0 Å². The molecular weight excluding hydrogens is 221 g/mol. The van der Waals surface area contributed by atoms with Crippen LogP contribution in [0.25, 0.3) is 0 Å². The van der Waals surface area contributed by atoms with Gasteiger partial charge in [0.05, 0.1) is 6.61 Å². The Labute approximate surface area is 100 Å². The second-order valence-electron chi connectivity index (χ2n) is 4.46. The number of anilines is 1. The van der Waals surface area contributed by atoms with E-state index in [2.05, 4.69) is 0 Å². The smallest absolute Gasteiger partial charge is 0.253 e. The van der Waals surface area contributed by atoms with Crippen LogP contribution in [0.2, 0.25) is 0 Å². The lowest BCUT2D eigenvalue weighted by Crippen LogP contribution is -2.41. The van der Waals surface area contributed by atoms with Gasteiger partial charge in [-0.3, -0.25) is 4.79 Å². The molecule has 0 unspecified atom stereocenters. The van der Waals surface area contributed by atoms with Gasteiger partial charge in [-0.15, -0.1) is 0 Å². The number of hydrogen-bond donors (Lipinski definition) is 0. The molecule has 0 spiro atoms. The van der Waals surface area contributed by atoms with Crippen molar-refractivity contribution in [2.24, 2.45) is 0 Å². The predicted octanol–water partition coefficient (Wildman–Crippen LogP) is 2.31. The average molecular weight is 237 g/mol. The van der Waals surface area contributed by atoms with Gasteiger partial charge in [0.2, 0.25) is 0 Å². The molecule has 0 aliphatic carbocycles. The topological polar surface area (TPSA) is 29.5 Å². The number of carbonyl (C=O) groups excluding carboxylic acids is 1. The van der Waals surface area contributed by atoms with E-state index in [9.17, 15) is 9.18 Å². The summed E-state index contributed by atoms with van der Waals surface area (Å²) in [4.78, 5) is 13.2. The summed E-state index contributed by atoms with van der Waals surface area (Å²) in [5.41, 5.74) is 1.29. The molecule has 0 radical (unpaired) electrons. The van der Waals surface area contributed by atoms with Gasteiger partial charge < -0.3 is 9.64 Å². The normalized spacial score (nSPS) is 16.7. The van der Waals surface area contributed by atoms with Crippen LogP contribution < -0.4 is 4.90 Å². The van der Waals surface area contributed by atoms with E-state index in [1.54, 1.807) is 17.0 Å². The van der Waals surface area contributed by atoms with Crippen molar-refractivity contribution in [1.29, 1.82) is 0 Å². The van der Waals surface area contributed by atoms with Crippen LogP contribution in [0.4, 0.5) is 10.1 Å². The van der Waals surface area contributed by atoms with Gasteiger partial charge in [-0.2, -0.15) is 0 Å². The van der Waals surface area contributed by atoms with E-state index >= 15 is 0 Å². The maximum atomic E-state index is 13.8. The molecule has 1 aromatic rings. The molecule has 0 bridgehead atoms. The third-order valence-corrected chi connectivity index (χ3v) is 2.90. The molecule has 1 heterocycles. The van der Waals surface area contributed by atoms with Gasteiger partial charge in [0.25, 0.3) is 5.91 Å². The van der Waals surface area contributed by atoms with Crippen molar-refractivity contribution in [3.63, 3.8) is 0 Å². The lowest BCUT2D eigenvalue weighted by molar-refractivity contribution is -0.125. The minimum atomic E-state index is -0.253. The number of benzene rings is 1. The number of amides is 1. The number of carbonyl (C=O) groups is 1. The van der Waals surface area contributed by atoms with Crippen molar-refractivity contribution in [3.05, 3.63) is 29.6 Å². The van der Waals surface area contributed by atoms with Crippen molar-refractivity contribution in [3.8, 4) is 0 Å². The van der Waals surface area contributed by atoms with E-state index in [0.717, 1.165) is 0 Å². The van der Waals surface area contributed by atoms with Crippen molar-refractivity contribution in [2.45, 2.75) is 19.8 Å². The van der Waals surface area contributed by atoms with Crippen LogP contribution in [-0.2, 0) is 9.53 Å². The molecule has 4 heteroatoms. The fraction of sp³-hybridized carbons (Fsp3) is 0.462. The number of nitrogens with zero attached hydrogens (tertiary/aromatic N) is 1. The van der Waals surface area contributed by atoms with E-state index in [1.165, 1.54) is 6.07 Å². The number of morpholine rings is 1. The highest BCUT2D eigenvalue weighted by molar-refractivity contribution is 5.94. The Balaban J connectivity index is 2.27. The van der Waals surface area contributed by atoms with Gasteiger partial charge >= 0.3 is 0 Å². The molecule has 1 saturated heterocycles. The third-order valence-electron chi connectivity index (χ3n) is 2.90. The van der Waals surface area contributed by atoms with Crippen molar-refractivity contribution < 1.29 is 13.9 Å². The largest absolute Gasteiger partial charge is 0.370 e. The summed E-state index contributed by atoms with van der Waals surface area (Å²) < 4.78 is 18.9. The third kappa shape index (κ3) is 2.47. The zero-order chi connectivity index (χ0) is 12.4. The molecule has 0 saturated carbocycles. The number of hydrogen-bond acceptors (Lipinski definition) is 2. The fourth-order valence-corrected chi connectivity index (χ4v) is 1.94. The van der Waals surface area contributed by atoms with Crippen LogP contribution in [0.3, 0.4) is 0 Å². The van der Waals surface area contributed by atoms with Crippen LogP contribution in [0.1, 0.15) is 25.3 Å². The van der Waals surface area contributed by atoms with Gasteiger partial charge in [-0.25, -0.2) is 4.39 Å². The molecule has 1 fully saturated rings. The summed E-state index contributed by atoms with van der Waals surface area (Å²) in [5, 5.41) is 0. The monoisotopic (exact) mass is 237 g/mol. The lowest BCUT2D eigenvalue weighted by atomic mass is 10.0. The molecule has 2 rings (SSSR count). The molecule has 0 aromatic heterocycles. The van der Waals surface area contributed by atoms with Gasteiger partial charge in [-0.05, 0) is 23.6 Å². The molecule has 17 heavy (non-hydrogen) atoms.